The highest BCUT2D eigenvalue weighted by molar-refractivity contribution is 7.99. The normalized spacial score (nSPS) is 12.2. The van der Waals surface area contributed by atoms with Crippen LogP contribution in [0.3, 0.4) is 0 Å². The van der Waals surface area contributed by atoms with Gasteiger partial charge in [0.2, 0.25) is 5.91 Å². The molecule has 0 saturated carbocycles. The van der Waals surface area contributed by atoms with Crippen LogP contribution < -0.4 is 19.7 Å². The fraction of sp³-hybridized carbons (Fsp3) is 0.214. The van der Waals surface area contributed by atoms with Gasteiger partial charge in [-0.25, -0.2) is 0 Å². The molecule has 0 fully saturated rings. The fourth-order valence-electron chi connectivity index (χ4n) is 4.38. The summed E-state index contributed by atoms with van der Waals surface area (Å²) in [7, 11) is 3.05. The molecular formula is C28H26ClN5O4S. The molecule has 1 N–H and O–H groups in total. The van der Waals surface area contributed by atoms with Gasteiger partial charge >= 0.3 is 0 Å². The molecule has 1 aliphatic rings. The van der Waals surface area contributed by atoms with Gasteiger partial charge in [0.1, 0.15) is 11.5 Å². The first kappa shape index (κ1) is 26.6. The Bertz CT molecular complexity index is 1500. The third kappa shape index (κ3) is 5.86. The second kappa shape index (κ2) is 11.8. The zero-order valence-electron chi connectivity index (χ0n) is 21.4. The predicted molar refractivity (Wildman–Crippen MR) is 150 cm³/mol. The van der Waals surface area contributed by atoms with Crippen LogP contribution in [0.15, 0.2) is 71.9 Å². The summed E-state index contributed by atoms with van der Waals surface area (Å²) in [6, 6.07) is 20.1. The summed E-state index contributed by atoms with van der Waals surface area (Å²) in [4.78, 5) is 27.9. The van der Waals surface area contributed by atoms with E-state index in [4.69, 9.17) is 21.1 Å². The fourth-order valence-corrected chi connectivity index (χ4v) is 5.42. The molecular weight excluding hydrogens is 538 g/mol. The number of nitrogens with zero attached hydrogens (tertiary/aromatic N) is 4. The van der Waals surface area contributed by atoms with Gasteiger partial charge in [-0.15, -0.1) is 10.2 Å². The average Bonchev–Trinajstić information content (AvgIpc) is 3.58. The number of carbonyl (C=O) groups excluding carboxylic acids is 2. The Labute approximate surface area is 235 Å². The third-order valence-electron chi connectivity index (χ3n) is 6.30. The lowest BCUT2D eigenvalue weighted by atomic mass is 10.2. The molecule has 0 radical (unpaired) electrons. The number of rotatable bonds is 9. The van der Waals surface area contributed by atoms with E-state index in [0.29, 0.717) is 39.6 Å². The Hall–Kier alpha value is -4.02. The molecule has 2 heterocycles. The Morgan fingerprint density at radius 1 is 1.00 bits per heavy atom. The molecule has 0 bridgehead atoms. The topological polar surface area (TPSA) is 98.6 Å². The number of thioether (sulfide) groups is 1. The summed E-state index contributed by atoms with van der Waals surface area (Å²) < 4.78 is 12.3. The van der Waals surface area contributed by atoms with Crippen molar-refractivity contribution in [1.82, 2.24) is 20.1 Å². The number of amides is 2. The van der Waals surface area contributed by atoms with Crippen molar-refractivity contribution in [3.63, 3.8) is 0 Å². The van der Waals surface area contributed by atoms with Gasteiger partial charge in [0.15, 0.2) is 11.0 Å². The van der Waals surface area contributed by atoms with Crippen LogP contribution in [-0.2, 0) is 17.8 Å². The van der Waals surface area contributed by atoms with Crippen LogP contribution in [0.4, 0.5) is 5.69 Å². The third-order valence-corrected chi connectivity index (χ3v) is 7.45. The lowest BCUT2D eigenvalue weighted by molar-refractivity contribution is -0.116. The molecule has 0 aliphatic carbocycles. The predicted octanol–water partition coefficient (Wildman–Crippen LogP) is 4.55. The highest BCUT2D eigenvalue weighted by Crippen LogP contribution is 2.30. The molecule has 1 aliphatic heterocycles. The van der Waals surface area contributed by atoms with E-state index in [9.17, 15) is 9.59 Å². The largest absolute Gasteiger partial charge is 0.497 e. The first-order valence-corrected chi connectivity index (χ1v) is 13.6. The first-order chi connectivity index (χ1) is 19.0. The van der Waals surface area contributed by atoms with Crippen molar-refractivity contribution in [2.75, 3.05) is 31.4 Å². The van der Waals surface area contributed by atoms with Crippen molar-refractivity contribution in [1.29, 1.82) is 0 Å². The number of benzene rings is 3. The number of hydrogen-bond acceptors (Lipinski definition) is 7. The molecule has 0 saturated heterocycles. The highest BCUT2D eigenvalue weighted by Gasteiger charge is 2.25. The lowest BCUT2D eigenvalue weighted by Gasteiger charge is -2.17. The van der Waals surface area contributed by atoms with Crippen LogP contribution in [0, 0.1) is 0 Å². The van der Waals surface area contributed by atoms with E-state index in [0.717, 1.165) is 17.8 Å². The highest BCUT2D eigenvalue weighted by atomic mass is 35.5. The zero-order chi connectivity index (χ0) is 27.4. The van der Waals surface area contributed by atoms with E-state index < -0.39 is 0 Å². The summed E-state index contributed by atoms with van der Waals surface area (Å²) >= 11 is 7.57. The van der Waals surface area contributed by atoms with Crippen LogP contribution in [0.5, 0.6) is 11.5 Å². The molecule has 0 spiro atoms. The molecule has 200 valence electrons. The lowest BCUT2D eigenvalue weighted by Crippen LogP contribution is -2.30. The van der Waals surface area contributed by atoms with Crippen molar-refractivity contribution in [3.8, 4) is 17.2 Å². The molecule has 5 rings (SSSR count). The van der Waals surface area contributed by atoms with E-state index in [1.165, 1.54) is 31.5 Å². The van der Waals surface area contributed by atoms with Gasteiger partial charge < -0.3 is 19.7 Å². The molecule has 2 amide bonds. The number of fused-ring (bicyclic) bond motifs is 1. The SMILES string of the molecule is COc1cc(OC)cc(C(=O)NCc2nnc(SCC(=O)N3CCc4ccccc43)n2-c2cccc(Cl)c2)c1. The molecule has 0 unspecified atom stereocenters. The van der Waals surface area contributed by atoms with Crippen molar-refractivity contribution in [2.24, 2.45) is 0 Å². The molecule has 1 aromatic heterocycles. The van der Waals surface area contributed by atoms with Crippen LogP contribution in [-0.4, -0.2) is 53.1 Å². The minimum absolute atomic E-state index is 0.00702. The molecule has 11 heteroatoms. The number of para-hydroxylation sites is 1. The van der Waals surface area contributed by atoms with E-state index in [1.54, 1.807) is 34.9 Å². The smallest absolute Gasteiger partial charge is 0.251 e. The van der Waals surface area contributed by atoms with E-state index in [1.807, 2.05) is 41.3 Å². The number of hydrogen-bond donors (Lipinski definition) is 1. The van der Waals surface area contributed by atoms with Gasteiger partial charge in [-0.3, -0.25) is 14.2 Å². The maximum absolute atomic E-state index is 13.1. The van der Waals surface area contributed by atoms with Crippen molar-refractivity contribution >= 4 is 40.9 Å². The maximum Gasteiger partial charge on any atom is 0.251 e. The average molecular weight is 564 g/mol. The number of anilines is 1. The summed E-state index contributed by atoms with van der Waals surface area (Å²) in [5.74, 6) is 1.35. The number of carbonyl (C=O) groups is 2. The Morgan fingerprint density at radius 3 is 2.51 bits per heavy atom. The van der Waals surface area contributed by atoms with Gasteiger partial charge in [0, 0.05) is 28.9 Å². The minimum Gasteiger partial charge on any atom is -0.497 e. The Morgan fingerprint density at radius 2 is 1.77 bits per heavy atom. The molecule has 3 aromatic carbocycles. The zero-order valence-corrected chi connectivity index (χ0v) is 23.0. The van der Waals surface area contributed by atoms with E-state index >= 15 is 0 Å². The van der Waals surface area contributed by atoms with Gasteiger partial charge in [0.05, 0.1) is 32.2 Å². The first-order valence-electron chi connectivity index (χ1n) is 12.2. The van der Waals surface area contributed by atoms with E-state index in [2.05, 4.69) is 15.5 Å². The van der Waals surface area contributed by atoms with Gasteiger partial charge in [-0.2, -0.15) is 0 Å². The summed E-state index contributed by atoms with van der Waals surface area (Å²) in [6.45, 7) is 0.748. The number of halogens is 1. The van der Waals surface area contributed by atoms with Gasteiger partial charge in [0.25, 0.3) is 5.91 Å². The summed E-state index contributed by atoms with van der Waals surface area (Å²) in [6.07, 6.45) is 0.842. The van der Waals surface area contributed by atoms with Crippen LogP contribution in [0.25, 0.3) is 5.69 Å². The van der Waals surface area contributed by atoms with Gasteiger partial charge in [-0.05, 0) is 48.4 Å². The van der Waals surface area contributed by atoms with E-state index in [-0.39, 0.29) is 24.1 Å². The maximum atomic E-state index is 13.1. The number of methoxy groups -OCH3 is 2. The summed E-state index contributed by atoms with van der Waals surface area (Å²) in [5.41, 5.74) is 3.23. The monoisotopic (exact) mass is 563 g/mol. The Kier molecular flexibility index (Phi) is 8.04. The second-order valence-electron chi connectivity index (χ2n) is 8.71. The van der Waals surface area contributed by atoms with Gasteiger partial charge in [-0.1, -0.05) is 47.6 Å². The molecule has 39 heavy (non-hydrogen) atoms. The Balaban J connectivity index is 1.35. The number of ether oxygens (including phenoxy) is 2. The minimum atomic E-state index is -0.329. The van der Waals surface area contributed by atoms with Crippen LogP contribution >= 0.6 is 23.4 Å². The molecule has 4 aromatic rings. The van der Waals surface area contributed by atoms with Crippen molar-refractivity contribution in [3.05, 3.63) is 88.7 Å². The van der Waals surface area contributed by atoms with Crippen LogP contribution in [0.2, 0.25) is 5.02 Å². The molecule has 9 nitrogen and oxygen atoms in total. The number of aromatic nitrogens is 3. The standard InChI is InChI=1S/C28H26ClN5O4S/c1-37-22-12-19(13-23(15-22)38-2)27(36)30-16-25-31-32-28(34(25)21-8-5-7-20(29)14-21)39-17-26(35)33-11-10-18-6-3-4-9-24(18)33/h3-9,12-15H,10-11,16-17H2,1-2H3,(H,30,36). The van der Waals surface area contributed by atoms with Crippen molar-refractivity contribution < 1.29 is 19.1 Å². The quantitative estimate of drug-likeness (QED) is 0.298. The second-order valence-corrected chi connectivity index (χ2v) is 10.1. The number of nitrogens with one attached hydrogen (secondary N) is 1. The van der Waals surface area contributed by atoms with Crippen LogP contribution in [0.1, 0.15) is 21.7 Å². The summed E-state index contributed by atoms with van der Waals surface area (Å²) in [5, 5.41) is 12.6. The van der Waals surface area contributed by atoms with Crippen molar-refractivity contribution in [2.45, 2.75) is 18.1 Å². The molecule has 0 atom stereocenters.